The van der Waals surface area contributed by atoms with Crippen LogP contribution in [-0.2, 0) is 4.79 Å². The fraction of sp³-hybridized carbons (Fsp3) is 0.375. The van der Waals surface area contributed by atoms with E-state index in [-0.39, 0.29) is 11.8 Å². The Morgan fingerprint density at radius 3 is 2.90 bits per heavy atom. The van der Waals surface area contributed by atoms with Crippen molar-refractivity contribution in [1.29, 1.82) is 0 Å². The highest BCUT2D eigenvalue weighted by atomic mass is 16.2. The maximum atomic E-state index is 11.0. The molecule has 1 aliphatic rings. The molecule has 1 amide bonds. The van der Waals surface area contributed by atoms with Crippen molar-refractivity contribution in [2.24, 2.45) is 5.92 Å². The van der Waals surface area contributed by atoms with Crippen LogP contribution in [0.2, 0.25) is 0 Å². The topological polar surface area (TPSA) is 29.1 Å². The Bertz CT molecular complexity index is 184. The Labute approximate surface area is 60.6 Å². The van der Waals surface area contributed by atoms with Crippen LogP contribution in [-0.4, -0.2) is 12.5 Å². The van der Waals surface area contributed by atoms with E-state index in [9.17, 15) is 4.79 Å². The van der Waals surface area contributed by atoms with Gasteiger partial charge in [-0.1, -0.05) is 19.2 Å². The molecule has 1 unspecified atom stereocenters. The first-order valence-corrected chi connectivity index (χ1v) is 3.34. The highest BCUT2D eigenvalue weighted by Crippen LogP contribution is 2.17. The van der Waals surface area contributed by atoms with Gasteiger partial charge in [-0.2, -0.15) is 0 Å². The van der Waals surface area contributed by atoms with Crippen molar-refractivity contribution < 1.29 is 4.79 Å². The Balaban J connectivity index is 2.63. The predicted octanol–water partition coefficient (Wildman–Crippen LogP) is 0.865. The predicted molar refractivity (Wildman–Crippen MR) is 40.5 cm³/mol. The molecular formula is C8H11NO. The first-order valence-electron chi connectivity index (χ1n) is 3.34. The van der Waals surface area contributed by atoms with Gasteiger partial charge < -0.3 is 5.32 Å². The SMILES string of the molecule is C=CC(=C)C1CCNC1=O. The molecule has 1 fully saturated rings. The van der Waals surface area contributed by atoms with Gasteiger partial charge in [0.25, 0.3) is 0 Å². The Kier molecular flexibility index (Phi) is 1.90. The average Bonchev–Trinajstić information content (AvgIpc) is 2.34. The van der Waals surface area contributed by atoms with Crippen LogP contribution in [0.1, 0.15) is 6.42 Å². The zero-order valence-corrected chi connectivity index (χ0v) is 5.89. The third-order valence-electron chi connectivity index (χ3n) is 1.76. The molecule has 54 valence electrons. The van der Waals surface area contributed by atoms with Crippen LogP contribution in [0.15, 0.2) is 24.8 Å². The molecule has 1 saturated heterocycles. The van der Waals surface area contributed by atoms with Gasteiger partial charge in [-0.05, 0) is 12.0 Å². The number of rotatable bonds is 2. The normalized spacial score (nSPS) is 24.0. The molecule has 0 aromatic rings. The van der Waals surface area contributed by atoms with E-state index >= 15 is 0 Å². The molecule has 1 rings (SSSR count). The lowest BCUT2D eigenvalue weighted by atomic mass is 9.99. The van der Waals surface area contributed by atoms with Crippen molar-refractivity contribution in [1.82, 2.24) is 5.32 Å². The van der Waals surface area contributed by atoms with E-state index in [0.29, 0.717) is 0 Å². The summed E-state index contributed by atoms with van der Waals surface area (Å²) in [7, 11) is 0. The fourth-order valence-corrected chi connectivity index (χ4v) is 1.09. The second-order valence-corrected chi connectivity index (χ2v) is 2.41. The summed E-state index contributed by atoms with van der Waals surface area (Å²) in [4.78, 5) is 11.0. The van der Waals surface area contributed by atoms with Gasteiger partial charge in [-0.25, -0.2) is 0 Å². The summed E-state index contributed by atoms with van der Waals surface area (Å²) in [6.07, 6.45) is 2.51. The molecule has 1 N–H and O–H groups in total. The minimum absolute atomic E-state index is 0.0162. The van der Waals surface area contributed by atoms with Crippen molar-refractivity contribution in [3.63, 3.8) is 0 Å². The summed E-state index contributed by atoms with van der Waals surface area (Å²) >= 11 is 0. The molecule has 0 aromatic heterocycles. The summed E-state index contributed by atoms with van der Waals surface area (Å²) in [5.74, 6) is 0.0717. The number of hydrogen-bond donors (Lipinski definition) is 1. The molecule has 2 nitrogen and oxygen atoms in total. The molecule has 0 aromatic carbocycles. The van der Waals surface area contributed by atoms with Crippen molar-refractivity contribution in [2.45, 2.75) is 6.42 Å². The zero-order valence-electron chi connectivity index (χ0n) is 5.89. The third kappa shape index (κ3) is 1.10. The van der Waals surface area contributed by atoms with E-state index in [0.717, 1.165) is 18.5 Å². The van der Waals surface area contributed by atoms with Crippen LogP contribution >= 0.6 is 0 Å². The van der Waals surface area contributed by atoms with Crippen LogP contribution in [0.25, 0.3) is 0 Å². The maximum absolute atomic E-state index is 11.0. The van der Waals surface area contributed by atoms with E-state index in [1.54, 1.807) is 6.08 Å². The molecule has 0 bridgehead atoms. The van der Waals surface area contributed by atoms with Crippen LogP contribution in [0.3, 0.4) is 0 Å². The van der Waals surface area contributed by atoms with Gasteiger partial charge in [0.2, 0.25) is 5.91 Å². The quantitative estimate of drug-likeness (QED) is 0.562. The number of hydrogen-bond acceptors (Lipinski definition) is 1. The number of amides is 1. The smallest absolute Gasteiger partial charge is 0.227 e. The van der Waals surface area contributed by atoms with Crippen LogP contribution in [0.4, 0.5) is 0 Å². The highest BCUT2D eigenvalue weighted by molar-refractivity contribution is 5.83. The van der Waals surface area contributed by atoms with E-state index < -0.39 is 0 Å². The molecule has 0 radical (unpaired) electrons. The number of allylic oxidation sites excluding steroid dienone is 1. The van der Waals surface area contributed by atoms with Gasteiger partial charge in [0.05, 0.1) is 5.92 Å². The Morgan fingerprint density at radius 2 is 2.50 bits per heavy atom. The maximum Gasteiger partial charge on any atom is 0.227 e. The largest absolute Gasteiger partial charge is 0.356 e. The molecule has 0 spiro atoms. The van der Waals surface area contributed by atoms with Gasteiger partial charge in [0, 0.05) is 6.54 Å². The van der Waals surface area contributed by atoms with E-state index in [4.69, 9.17) is 0 Å². The number of carbonyl (C=O) groups excluding carboxylic acids is 1. The van der Waals surface area contributed by atoms with Gasteiger partial charge in [0.15, 0.2) is 0 Å². The van der Waals surface area contributed by atoms with Crippen LogP contribution < -0.4 is 5.32 Å². The third-order valence-corrected chi connectivity index (χ3v) is 1.76. The van der Waals surface area contributed by atoms with Crippen molar-refractivity contribution in [2.75, 3.05) is 6.54 Å². The molecule has 2 heteroatoms. The van der Waals surface area contributed by atoms with Gasteiger partial charge in [0.1, 0.15) is 0 Å². The van der Waals surface area contributed by atoms with Crippen LogP contribution in [0.5, 0.6) is 0 Å². The lowest BCUT2D eigenvalue weighted by Crippen LogP contribution is -2.19. The summed E-state index contributed by atoms with van der Waals surface area (Å²) in [5, 5.41) is 2.74. The minimum Gasteiger partial charge on any atom is -0.356 e. The minimum atomic E-state index is -0.0162. The summed E-state index contributed by atoms with van der Waals surface area (Å²) in [6, 6.07) is 0. The van der Waals surface area contributed by atoms with E-state index in [1.807, 2.05) is 0 Å². The lowest BCUT2D eigenvalue weighted by molar-refractivity contribution is -0.121. The molecule has 10 heavy (non-hydrogen) atoms. The highest BCUT2D eigenvalue weighted by Gasteiger charge is 2.24. The second-order valence-electron chi connectivity index (χ2n) is 2.41. The molecular weight excluding hydrogens is 126 g/mol. The van der Waals surface area contributed by atoms with Crippen molar-refractivity contribution in [3.05, 3.63) is 24.8 Å². The monoisotopic (exact) mass is 137 g/mol. The second kappa shape index (κ2) is 2.69. The number of carbonyl (C=O) groups is 1. The molecule has 0 aliphatic carbocycles. The fourth-order valence-electron chi connectivity index (χ4n) is 1.09. The molecule has 1 heterocycles. The first kappa shape index (κ1) is 7.06. The van der Waals surface area contributed by atoms with Gasteiger partial charge in [-0.15, -0.1) is 0 Å². The van der Waals surface area contributed by atoms with E-state index in [2.05, 4.69) is 18.5 Å². The molecule has 1 atom stereocenters. The molecule has 1 aliphatic heterocycles. The zero-order chi connectivity index (χ0) is 7.56. The Morgan fingerprint density at radius 1 is 1.80 bits per heavy atom. The first-order chi connectivity index (χ1) is 4.75. The standard InChI is InChI=1S/C8H11NO/c1-3-6(2)7-4-5-9-8(7)10/h3,7H,1-2,4-5H2,(H,9,10). The lowest BCUT2D eigenvalue weighted by Gasteiger charge is -2.03. The van der Waals surface area contributed by atoms with Crippen LogP contribution in [0, 0.1) is 5.92 Å². The number of nitrogens with one attached hydrogen (secondary N) is 1. The summed E-state index contributed by atoms with van der Waals surface area (Å²) in [6.45, 7) is 8.06. The van der Waals surface area contributed by atoms with Gasteiger partial charge >= 0.3 is 0 Å². The van der Waals surface area contributed by atoms with Crippen molar-refractivity contribution in [3.8, 4) is 0 Å². The average molecular weight is 137 g/mol. The summed E-state index contributed by atoms with van der Waals surface area (Å²) < 4.78 is 0. The van der Waals surface area contributed by atoms with E-state index in [1.165, 1.54) is 0 Å². The van der Waals surface area contributed by atoms with Crippen molar-refractivity contribution >= 4 is 5.91 Å². The summed E-state index contributed by atoms with van der Waals surface area (Å²) in [5.41, 5.74) is 0.829. The van der Waals surface area contributed by atoms with Gasteiger partial charge in [-0.3, -0.25) is 4.79 Å². The molecule has 0 saturated carbocycles. The Hall–Kier alpha value is -1.05.